The van der Waals surface area contributed by atoms with Gasteiger partial charge in [-0.05, 0) is 67.6 Å². The summed E-state index contributed by atoms with van der Waals surface area (Å²) in [6.07, 6.45) is 1.84. The molecule has 0 bridgehead atoms. The Balaban J connectivity index is 1.51. The molecule has 224 valence electrons. The summed E-state index contributed by atoms with van der Waals surface area (Å²) >= 11 is 14.4. The van der Waals surface area contributed by atoms with Crippen molar-refractivity contribution in [2.45, 2.75) is 35.4 Å². The van der Waals surface area contributed by atoms with E-state index in [2.05, 4.69) is 0 Å². The number of amides is 4. The van der Waals surface area contributed by atoms with Crippen LogP contribution in [0, 0.1) is 17.8 Å². The van der Waals surface area contributed by atoms with Gasteiger partial charge >= 0.3 is 0 Å². The number of phenols is 1. The van der Waals surface area contributed by atoms with Gasteiger partial charge in [0.1, 0.15) is 0 Å². The maximum absolute atomic E-state index is 14.1. The number of fused-ring (bicyclic) bond motifs is 4. The lowest BCUT2D eigenvalue weighted by Crippen LogP contribution is -2.60. The third-order valence-electron chi connectivity index (χ3n) is 9.38. The number of likely N-dealkylation sites (tertiary alicyclic amines) is 1. The molecule has 4 aliphatic rings. The Kier molecular flexibility index (Phi) is 6.67. The zero-order chi connectivity index (χ0) is 31.2. The van der Waals surface area contributed by atoms with Crippen molar-refractivity contribution < 1.29 is 38.6 Å². The number of carbonyl (C=O) groups is 5. The molecule has 2 aromatic rings. The molecule has 0 unspecified atom stereocenters. The Hall–Kier alpha value is -3.89. The highest BCUT2D eigenvalue weighted by Gasteiger charge is 2.76. The Morgan fingerprint density at radius 3 is 2.12 bits per heavy atom. The summed E-state index contributed by atoms with van der Waals surface area (Å²) in [6, 6.07) is 9.22. The lowest BCUT2D eigenvalue weighted by atomic mass is 9.56. The zero-order valence-corrected chi connectivity index (χ0v) is 25.2. The Morgan fingerprint density at radius 1 is 0.953 bits per heavy atom. The maximum atomic E-state index is 14.1. The van der Waals surface area contributed by atoms with Crippen LogP contribution in [-0.4, -0.2) is 70.4 Å². The van der Waals surface area contributed by atoms with Gasteiger partial charge in [0.25, 0.3) is 11.8 Å². The minimum Gasteiger partial charge on any atom is -0.502 e. The van der Waals surface area contributed by atoms with Crippen LogP contribution < -0.4 is 14.4 Å². The second-order valence-corrected chi connectivity index (χ2v) is 12.6. The summed E-state index contributed by atoms with van der Waals surface area (Å²) in [6.45, 7) is 1.42. The van der Waals surface area contributed by atoms with Gasteiger partial charge in [-0.25, -0.2) is 0 Å². The van der Waals surface area contributed by atoms with Crippen molar-refractivity contribution in [3.63, 3.8) is 0 Å². The number of benzene rings is 2. The fourth-order valence-corrected chi connectivity index (χ4v) is 8.32. The fourth-order valence-electron chi connectivity index (χ4n) is 7.30. The van der Waals surface area contributed by atoms with Gasteiger partial charge in [0.15, 0.2) is 27.0 Å². The number of hydrogen-bond donors (Lipinski definition) is 1. The lowest BCUT2D eigenvalue weighted by Gasteiger charge is -2.50. The second-order valence-electron chi connectivity index (χ2n) is 11.4. The van der Waals surface area contributed by atoms with Gasteiger partial charge in [0, 0.05) is 18.5 Å². The van der Waals surface area contributed by atoms with Crippen LogP contribution in [0.2, 0.25) is 0 Å². The zero-order valence-electron chi connectivity index (χ0n) is 23.7. The number of methoxy groups -OCH3 is 2. The molecule has 0 spiro atoms. The fraction of sp³-hybridized carbons (Fsp3) is 0.387. The third kappa shape index (κ3) is 3.75. The van der Waals surface area contributed by atoms with E-state index in [0.717, 1.165) is 9.80 Å². The van der Waals surface area contributed by atoms with Crippen LogP contribution in [0.4, 0.5) is 5.69 Å². The normalized spacial score (nSPS) is 31.4. The molecule has 43 heavy (non-hydrogen) atoms. The van der Waals surface area contributed by atoms with Crippen molar-refractivity contribution in [1.29, 1.82) is 0 Å². The van der Waals surface area contributed by atoms with Crippen molar-refractivity contribution in [3.8, 4) is 17.2 Å². The van der Waals surface area contributed by atoms with Gasteiger partial charge in [0.05, 0.1) is 31.7 Å². The summed E-state index contributed by atoms with van der Waals surface area (Å²) in [5.41, 5.74) is 1.74. The van der Waals surface area contributed by atoms with Gasteiger partial charge in [-0.1, -0.05) is 11.6 Å². The first-order valence-electron chi connectivity index (χ1n) is 13.7. The van der Waals surface area contributed by atoms with Crippen LogP contribution in [0.15, 0.2) is 48.0 Å². The topological polar surface area (TPSA) is 131 Å². The van der Waals surface area contributed by atoms with Crippen molar-refractivity contribution in [1.82, 2.24) is 4.90 Å². The molecule has 0 aromatic heterocycles. The largest absolute Gasteiger partial charge is 0.502 e. The highest BCUT2D eigenvalue weighted by Crippen LogP contribution is 2.66. The number of carbonyl (C=O) groups excluding carboxylic acids is 5. The minimum atomic E-state index is -1.99. The van der Waals surface area contributed by atoms with Gasteiger partial charge in [-0.3, -0.25) is 33.8 Å². The molecule has 2 saturated heterocycles. The SMILES string of the molecule is COc1cc([C@H]2C3=CC[C@@H]4C(=O)N(c5ccc(C(C)=O)cc5)C(=O)[C@@H]4[C@@H]3C[C@@]3(Cl)C(=O)N(C)C(=O)[C@@]23Cl)cc(OC)c1O. The van der Waals surface area contributed by atoms with Crippen LogP contribution in [0.5, 0.6) is 17.2 Å². The van der Waals surface area contributed by atoms with E-state index < -0.39 is 57.0 Å². The monoisotopic (exact) mass is 626 g/mol. The molecule has 3 fully saturated rings. The van der Waals surface area contributed by atoms with Crippen molar-refractivity contribution in [2.24, 2.45) is 17.8 Å². The summed E-state index contributed by atoms with van der Waals surface area (Å²) in [4.78, 5) is 65.0. The van der Waals surface area contributed by atoms with Gasteiger partial charge < -0.3 is 14.6 Å². The van der Waals surface area contributed by atoms with E-state index in [0.29, 0.717) is 22.4 Å². The van der Waals surface area contributed by atoms with Crippen LogP contribution >= 0.6 is 23.2 Å². The van der Waals surface area contributed by atoms with E-state index in [1.807, 2.05) is 6.08 Å². The number of rotatable bonds is 5. The molecule has 2 aromatic carbocycles. The number of allylic oxidation sites excluding steroid dienone is 2. The molecule has 2 heterocycles. The number of hydrogen-bond acceptors (Lipinski definition) is 8. The molecule has 1 saturated carbocycles. The van der Waals surface area contributed by atoms with Crippen LogP contribution in [-0.2, 0) is 19.2 Å². The molecule has 6 atom stereocenters. The van der Waals surface area contributed by atoms with E-state index in [4.69, 9.17) is 32.7 Å². The predicted octanol–water partition coefficient (Wildman–Crippen LogP) is 3.81. The van der Waals surface area contributed by atoms with Gasteiger partial charge in [-0.15, -0.1) is 23.2 Å². The number of ether oxygens (including phenoxy) is 2. The highest BCUT2D eigenvalue weighted by molar-refractivity contribution is 6.53. The lowest BCUT2D eigenvalue weighted by molar-refractivity contribution is -0.138. The molecule has 2 aliphatic carbocycles. The number of aromatic hydroxyl groups is 1. The first kappa shape index (κ1) is 29.2. The smallest absolute Gasteiger partial charge is 0.253 e. The quantitative estimate of drug-likeness (QED) is 0.229. The van der Waals surface area contributed by atoms with Crippen molar-refractivity contribution in [3.05, 3.63) is 59.2 Å². The van der Waals surface area contributed by atoms with Gasteiger partial charge in [0.2, 0.25) is 17.6 Å². The third-order valence-corrected chi connectivity index (χ3v) is 10.8. The molecule has 4 amide bonds. The molecular weight excluding hydrogens is 599 g/mol. The van der Waals surface area contributed by atoms with Gasteiger partial charge in [-0.2, -0.15) is 0 Å². The molecule has 6 rings (SSSR count). The number of halogens is 2. The minimum absolute atomic E-state index is 0.0450. The van der Waals surface area contributed by atoms with Crippen LogP contribution in [0.3, 0.4) is 0 Å². The number of anilines is 1. The number of alkyl halides is 2. The number of ketones is 1. The van der Waals surface area contributed by atoms with Crippen molar-refractivity contribution >= 4 is 58.3 Å². The highest BCUT2D eigenvalue weighted by atomic mass is 35.5. The maximum Gasteiger partial charge on any atom is 0.253 e. The van der Waals surface area contributed by atoms with E-state index in [1.165, 1.54) is 40.3 Å². The van der Waals surface area contributed by atoms with Crippen LogP contribution in [0.25, 0.3) is 0 Å². The van der Waals surface area contributed by atoms with E-state index in [-0.39, 0.29) is 35.9 Å². The number of phenolic OH excluding ortho intramolecular Hbond substituents is 1. The number of Topliss-reactive ketones (excluding diaryl/α,β-unsaturated/α-hetero) is 1. The second kappa shape index (κ2) is 9.82. The van der Waals surface area contributed by atoms with Crippen molar-refractivity contribution in [2.75, 3.05) is 26.2 Å². The van der Waals surface area contributed by atoms with E-state index in [9.17, 15) is 29.1 Å². The molecule has 12 heteroatoms. The number of nitrogens with zero attached hydrogens (tertiary/aromatic N) is 2. The summed E-state index contributed by atoms with van der Waals surface area (Å²) < 4.78 is 10.7. The standard InChI is InChI=1S/C31H28Cl2N2O8/c1-14(36)15-5-7-17(8-6-15)35-26(38)19-10-9-18-20(23(19)27(35)39)13-30(32)28(40)34(2)29(41)31(30,33)24(18)16-11-21(42-3)25(37)22(12-16)43-4/h5-9,11-12,19-20,23-24,37H,10,13H2,1-4H3/t19-,20+,23-,24-,30+,31-/m0/s1. The predicted molar refractivity (Wildman–Crippen MR) is 156 cm³/mol. The Morgan fingerprint density at radius 2 is 1.56 bits per heavy atom. The average Bonchev–Trinajstić information content (AvgIpc) is 3.32. The molecule has 10 nitrogen and oxygen atoms in total. The summed E-state index contributed by atoms with van der Waals surface area (Å²) in [5, 5.41) is 10.6. The summed E-state index contributed by atoms with van der Waals surface area (Å²) in [7, 11) is 4.02. The molecule has 1 N–H and O–H groups in total. The molecule has 2 aliphatic heterocycles. The van der Waals surface area contributed by atoms with Crippen LogP contribution in [0.1, 0.15) is 41.6 Å². The molecular formula is C31H28Cl2N2O8. The van der Waals surface area contributed by atoms with E-state index in [1.54, 1.807) is 24.3 Å². The Bertz CT molecular complexity index is 1630. The molecule has 0 radical (unpaired) electrons. The number of imide groups is 2. The Labute approximate surface area is 257 Å². The first-order valence-corrected chi connectivity index (χ1v) is 14.4. The average molecular weight is 627 g/mol. The van der Waals surface area contributed by atoms with E-state index >= 15 is 0 Å². The summed E-state index contributed by atoms with van der Waals surface area (Å²) in [5.74, 6) is -5.97. The first-order chi connectivity index (χ1) is 20.3.